The third-order valence-corrected chi connectivity index (χ3v) is 12.8. The second-order valence-electron chi connectivity index (χ2n) is 17.3. The first-order chi connectivity index (χ1) is 31.2. The van der Waals surface area contributed by atoms with Crippen molar-refractivity contribution in [3.8, 4) is 11.5 Å². The van der Waals surface area contributed by atoms with E-state index in [-0.39, 0.29) is 0 Å². The maximum atomic E-state index is 6.68. The van der Waals surface area contributed by atoms with Crippen molar-refractivity contribution >= 4 is 99.5 Å². The fraction of sp³-hybridized carbons (Fsp3) is 0.138. The van der Waals surface area contributed by atoms with Crippen LogP contribution in [0.5, 0.6) is 11.5 Å². The Morgan fingerprint density at radius 1 is 0.344 bits per heavy atom. The molecule has 6 heteroatoms. The van der Waals surface area contributed by atoms with Gasteiger partial charge in [-0.05, 0) is 178 Å². The summed E-state index contributed by atoms with van der Waals surface area (Å²) in [7, 11) is 3.40. The van der Waals surface area contributed by atoms with E-state index >= 15 is 0 Å². The smallest absolute Gasteiger partial charge is 0.136 e. The van der Waals surface area contributed by atoms with Crippen molar-refractivity contribution in [2.45, 2.75) is 39.5 Å². The van der Waals surface area contributed by atoms with Crippen LogP contribution in [0, 0.1) is 0 Å². The van der Waals surface area contributed by atoms with Gasteiger partial charge in [-0.2, -0.15) is 0 Å². The van der Waals surface area contributed by atoms with Gasteiger partial charge in [0.05, 0.1) is 14.2 Å². The van der Waals surface area contributed by atoms with E-state index in [1.165, 1.54) is 11.1 Å². The standard InChI is InChI=1S/C58H48N2O4/c1-35(2)37-7-13-43(14-8-37)59(45-19-23-49(61-5)24-20-45)47-17-11-39-31-51-55(33-41(39)29-47)63-53-27-28-54-58(57(51)53)52-32-40-12-18-48(30-42(40)34-56(52)64-54)60(46-21-25-50(62-6)26-22-46)44-15-9-38(10-16-44)36(3)4/h7-36H,1-6H3. The molecule has 0 spiro atoms. The molecule has 314 valence electrons. The SMILES string of the molecule is COc1ccc(N(c2ccc(C(C)C)cc2)c2ccc3cc4c(cc3c2)oc2ccc3oc5cc6cc(N(c7ccc(OC)cc7)c7ccc(C(C)C)cc7)ccc6cc5c3c24)cc1. The number of fused-ring (bicyclic) bond motifs is 9. The average molecular weight is 837 g/mol. The van der Waals surface area contributed by atoms with E-state index in [9.17, 15) is 0 Å². The molecule has 0 saturated heterocycles. The summed E-state index contributed by atoms with van der Waals surface area (Å²) in [5, 5.41) is 8.70. The molecule has 0 radical (unpaired) electrons. The number of methoxy groups -OCH3 is 2. The van der Waals surface area contributed by atoms with E-state index in [1.807, 2.05) is 36.4 Å². The molecule has 0 unspecified atom stereocenters. The van der Waals surface area contributed by atoms with Gasteiger partial charge >= 0.3 is 0 Å². The lowest BCUT2D eigenvalue weighted by atomic mass is 10.00. The van der Waals surface area contributed by atoms with Crippen LogP contribution in [-0.4, -0.2) is 14.2 Å². The topological polar surface area (TPSA) is 51.2 Å². The van der Waals surface area contributed by atoms with Gasteiger partial charge in [-0.3, -0.25) is 0 Å². The monoisotopic (exact) mass is 836 g/mol. The Hall–Kier alpha value is -7.70. The second-order valence-corrected chi connectivity index (χ2v) is 17.3. The maximum Gasteiger partial charge on any atom is 0.136 e. The summed E-state index contributed by atoms with van der Waals surface area (Å²) >= 11 is 0. The number of rotatable bonds is 10. The molecule has 0 fully saturated rings. The van der Waals surface area contributed by atoms with Gasteiger partial charge in [0.2, 0.25) is 0 Å². The lowest BCUT2D eigenvalue weighted by Gasteiger charge is -2.26. The van der Waals surface area contributed by atoms with Crippen LogP contribution in [0.25, 0.3) is 65.4 Å². The van der Waals surface area contributed by atoms with E-state index in [0.29, 0.717) is 11.8 Å². The highest BCUT2D eigenvalue weighted by Crippen LogP contribution is 2.45. The van der Waals surface area contributed by atoms with Crippen molar-refractivity contribution in [2.24, 2.45) is 0 Å². The largest absolute Gasteiger partial charge is 0.497 e. The molecule has 6 nitrogen and oxygen atoms in total. The highest BCUT2D eigenvalue weighted by Gasteiger charge is 2.20. The first-order valence-electron chi connectivity index (χ1n) is 22.0. The minimum absolute atomic E-state index is 0.450. The van der Waals surface area contributed by atoms with Gasteiger partial charge in [0, 0.05) is 55.7 Å². The lowest BCUT2D eigenvalue weighted by molar-refractivity contribution is 0.414. The first-order valence-corrected chi connectivity index (χ1v) is 22.0. The number of benzene rings is 9. The Labute approximate surface area is 372 Å². The molecule has 0 aliphatic heterocycles. The van der Waals surface area contributed by atoms with Gasteiger partial charge in [-0.15, -0.1) is 0 Å². The summed E-state index contributed by atoms with van der Waals surface area (Å²) in [6, 6.07) is 60.5. The summed E-state index contributed by atoms with van der Waals surface area (Å²) in [5.41, 5.74) is 12.3. The minimum atomic E-state index is 0.450. The highest BCUT2D eigenvalue weighted by atomic mass is 16.5. The Morgan fingerprint density at radius 2 is 0.688 bits per heavy atom. The van der Waals surface area contributed by atoms with E-state index in [2.05, 4.69) is 171 Å². The molecule has 9 aromatic carbocycles. The van der Waals surface area contributed by atoms with E-state index in [1.54, 1.807) is 14.2 Å². The predicted octanol–water partition coefficient (Wildman–Crippen LogP) is 17.0. The maximum absolute atomic E-state index is 6.68. The van der Waals surface area contributed by atoms with E-state index in [0.717, 1.165) is 111 Å². The van der Waals surface area contributed by atoms with Crippen molar-refractivity contribution in [1.82, 2.24) is 0 Å². The Bertz CT molecular complexity index is 3270. The molecule has 0 amide bonds. The van der Waals surface area contributed by atoms with Crippen LogP contribution in [0.1, 0.15) is 50.7 Å². The normalized spacial score (nSPS) is 11.9. The van der Waals surface area contributed by atoms with Crippen molar-refractivity contribution in [3.63, 3.8) is 0 Å². The Morgan fingerprint density at radius 3 is 1.03 bits per heavy atom. The number of hydrogen-bond acceptors (Lipinski definition) is 6. The minimum Gasteiger partial charge on any atom is -0.497 e. The third kappa shape index (κ3) is 6.74. The average Bonchev–Trinajstić information content (AvgIpc) is 3.87. The highest BCUT2D eigenvalue weighted by molar-refractivity contribution is 6.27. The zero-order chi connectivity index (χ0) is 43.6. The van der Waals surface area contributed by atoms with Crippen molar-refractivity contribution in [3.05, 3.63) is 181 Å². The number of anilines is 6. The summed E-state index contributed by atoms with van der Waals surface area (Å²) in [5.74, 6) is 2.54. The van der Waals surface area contributed by atoms with Crippen LogP contribution >= 0.6 is 0 Å². The van der Waals surface area contributed by atoms with Gasteiger partial charge in [-0.1, -0.05) is 64.1 Å². The summed E-state index contributed by atoms with van der Waals surface area (Å²) < 4.78 is 24.4. The molecule has 0 saturated carbocycles. The first kappa shape index (κ1) is 39.2. The fourth-order valence-corrected chi connectivity index (χ4v) is 9.25. The molecule has 11 rings (SSSR count). The molecule has 2 heterocycles. The van der Waals surface area contributed by atoms with Crippen LogP contribution in [0.2, 0.25) is 0 Å². The van der Waals surface area contributed by atoms with Crippen molar-refractivity contribution in [2.75, 3.05) is 24.0 Å². The van der Waals surface area contributed by atoms with E-state index < -0.39 is 0 Å². The molecule has 0 atom stereocenters. The third-order valence-electron chi connectivity index (χ3n) is 12.8. The summed E-state index contributed by atoms with van der Waals surface area (Å²) in [6.45, 7) is 8.90. The number of ether oxygens (including phenoxy) is 2. The quantitative estimate of drug-likeness (QED) is 0.137. The van der Waals surface area contributed by atoms with Gasteiger partial charge in [0.25, 0.3) is 0 Å². The Balaban J connectivity index is 1.01. The molecule has 0 aliphatic carbocycles. The number of furan rings is 2. The molecule has 64 heavy (non-hydrogen) atoms. The fourth-order valence-electron chi connectivity index (χ4n) is 9.25. The summed E-state index contributed by atoms with van der Waals surface area (Å²) in [4.78, 5) is 4.59. The number of hydrogen-bond donors (Lipinski definition) is 0. The predicted molar refractivity (Wildman–Crippen MR) is 267 cm³/mol. The molecule has 0 aliphatic rings. The van der Waals surface area contributed by atoms with Gasteiger partial charge in [0.15, 0.2) is 0 Å². The van der Waals surface area contributed by atoms with Gasteiger partial charge < -0.3 is 28.1 Å². The second kappa shape index (κ2) is 15.6. The summed E-state index contributed by atoms with van der Waals surface area (Å²) in [6.07, 6.45) is 0. The molecule has 11 aromatic rings. The number of nitrogens with zero attached hydrogens (tertiary/aromatic N) is 2. The van der Waals surface area contributed by atoms with Crippen LogP contribution < -0.4 is 19.3 Å². The molecule has 2 aromatic heterocycles. The Kier molecular flexibility index (Phi) is 9.54. The molecule has 0 bridgehead atoms. The zero-order valence-corrected chi connectivity index (χ0v) is 36.8. The van der Waals surface area contributed by atoms with Gasteiger partial charge in [0.1, 0.15) is 33.8 Å². The van der Waals surface area contributed by atoms with Crippen LogP contribution in [0.15, 0.2) is 179 Å². The van der Waals surface area contributed by atoms with Crippen LogP contribution in [0.4, 0.5) is 34.1 Å². The lowest BCUT2D eigenvalue weighted by Crippen LogP contribution is -2.10. The van der Waals surface area contributed by atoms with Gasteiger partial charge in [-0.25, -0.2) is 0 Å². The molecular formula is C58H48N2O4. The molecule has 0 N–H and O–H groups in total. The van der Waals surface area contributed by atoms with Crippen molar-refractivity contribution in [1.29, 1.82) is 0 Å². The molecular weight excluding hydrogens is 789 g/mol. The van der Waals surface area contributed by atoms with Crippen LogP contribution in [0.3, 0.4) is 0 Å². The van der Waals surface area contributed by atoms with Crippen LogP contribution in [-0.2, 0) is 0 Å². The zero-order valence-electron chi connectivity index (χ0n) is 36.8. The van der Waals surface area contributed by atoms with Crippen molar-refractivity contribution < 1.29 is 18.3 Å². The van der Waals surface area contributed by atoms with E-state index in [4.69, 9.17) is 18.3 Å².